The number of hydrogen-bond acceptors (Lipinski definition) is 5. The molecule has 1 N–H and O–H groups in total. The SMILES string of the molecule is O=C1NC(=S)N(c2ccc(Cl)cc2)C(=O)C1=Cc1ccc(OCc2ccc(Cl)o2)cc1. The van der Waals surface area contributed by atoms with Crippen molar-refractivity contribution in [2.45, 2.75) is 6.61 Å². The first-order valence-corrected chi connectivity index (χ1v) is 10.2. The third-order valence-electron chi connectivity index (χ3n) is 4.39. The van der Waals surface area contributed by atoms with Crippen molar-refractivity contribution in [1.82, 2.24) is 5.32 Å². The highest BCUT2D eigenvalue weighted by molar-refractivity contribution is 7.80. The lowest BCUT2D eigenvalue weighted by Gasteiger charge is -2.28. The average Bonchev–Trinajstić information content (AvgIpc) is 3.17. The van der Waals surface area contributed by atoms with E-state index in [4.69, 9.17) is 44.6 Å². The van der Waals surface area contributed by atoms with Gasteiger partial charge in [-0.15, -0.1) is 0 Å². The van der Waals surface area contributed by atoms with Crippen LogP contribution < -0.4 is 15.0 Å². The van der Waals surface area contributed by atoms with Gasteiger partial charge < -0.3 is 9.15 Å². The lowest BCUT2D eigenvalue weighted by molar-refractivity contribution is -0.122. The first-order chi connectivity index (χ1) is 14.9. The molecule has 4 rings (SSSR count). The highest BCUT2D eigenvalue weighted by Gasteiger charge is 2.34. The Balaban J connectivity index is 1.52. The minimum absolute atomic E-state index is 0.0104. The summed E-state index contributed by atoms with van der Waals surface area (Å²) in [6.07, 6.45) is 1.50. The summed E-state index contributed by atoms with van der Waals surface area (Å²) in [7, 11) is 0. The number of thiocarbonyl (C=S) groups is 1. The van der Waals surface area contributed by atoms with Crippen LogP contribution in [0.25, 0.3) is 6.08 Å². The van der Waals surface area contributed by atoms with E-state index in [9.17, 15) is 9.59 Å². The van der Waals surface area contributed by atoms with Gasteiger partial charge in [-0.25, -0.2) is 0 Å². The lowest BCUT2D eigenvalue weighted by atomic mass is 10.1. The number of halogens is 2. The molecule has 0 bridgehead atoms. The predicted molar refractivity (Wildman–Crippen MR) is 122 cm³/mol. The number of hydrogen-bond donors (Lipinski definition) is 1. The van der Waals surface area contributed by atoms with Gasteiger partial charge in [0.05, 0.1) is 5.69 Å². The average molecular weight is 473 g/mol. The van der Waals surface area contributed by atoms with Gasteiger partial charge in [0.15, 0.2) is 10.3 Å². The quantitative estimate of drug-likeness (QED) is 0.321. The third-order valence-corrected chi connectivity index (χ3v) is 5.13. The van der Waals surface area contributed by atoms with Crippen LogP contribution in [0.4, 0.5) is 5.69 Å². The van der Waals surface area contributed by atoms with Crippen LogP contribution in [-0.4, -0.2) is 16.9 Å². The van der Waals surface area contributed by atoms with Crippen molar-refractivity contribution in [3.63, 3.8) is 0 Å². The second-order valence-electron chi connectivity index (χ2n) is 6.50. The summed E-state index contributed by atoms with van der Waals surface area (Å²) in [4.78, 5) is 26.6. The van der Waals surface area contributed by atoms with Gasteiger partial charge in [-0.2, -0.15) is 0 Å². The summed E-state index contributed by atoms with van der Waals surface area (Å²) >= 11 is 16.8. The molecule has 2 heterocycles. The van der Waals surface area contributed by atoms with Crippen molar-refractivity contribution in [1.29, 1.82) is 0 Å². The number of amides is 2. The summed E-state index contributed by atoms with van der Waals surface area (Å²) in [6, 6.07) is 16.9. The fourth-order valence-corrected chi connectivity index (χ4v) is 3.46. The molecular weight excluding hydrogens is 459 g/mol. The summed E-state index contributed by atoms with van der Waals surface area (Å²) in [5.74, 6) is 0.110. The van der Waals surface area contributed by atoms with Crippen LogP contribution in [0.1, 0.15) is 11.3 Å². The van der Waals surface area contributed by atoms with E-state index in [2.05, 4.69) is 5.32 Å². The largest absolute Gasteiger partial charge is 0.486 e. The van der Waals surface area contributed by atoms with E-state index in [0.717, 1.165) is 0 Å². The molecule has 1 aromatic heterocycles. The molecule has 1 aliphatic rings. The van der Waals surface area contributed by atoms with E-state index in [0.29, 0.717) is 33.0 Å². The normalized spacial score (nSPS) is 15.4. The van der Waals surface area contributed by atoms with E-state index in [1.807, 2.05) is 0 Å². The zero-order valence-electron chi connectivity index (χ0n) is 15.8. The standard InChI is InChI=1S/C22H14Cl2N2O4S/c23-14-3-5-15(6-4-14)26-21(28)18(20(27)25-22(26)31)11-13-1-7-16(8-2-13)29-12-17-9-10-19(24)30-17/h1-11H,12H2,(H,25,27,31). The molecule has 2 amide bonds. The molecule has 9 heteroatoms. The van der Waals surface area contributed by atoms with Gasteiger partial charge in [0.1, 0.15) is 23.7 Å². The van der Waals surface area contributed by atoms with Gasteiger partial charge >= 0.3 is 0 Å². The Morgan fingerprint density at radius 2 is 1.71 bits per heavy atom. The molecule has 0 aliphatic carbocycles. The van der Waals surface area contributed by atoms with Gasteiger partial charge in [0.25, 0.3) is 11.8 Å². The first kappa shape index (κ1) is 21.1. The number of anilines is 1. The van der Waals surface area contributed by atoms with Crippen LogP contribution in [0.3, 0.4) is 0 Å². The zero-order chi connectivity index (χ0) is 22.0. The summed E-state index contributed by atoms with van der Waals surface area (Å²) < 4.78 is 10.9. The zero-order valence-corrected chi connectivity index (χ0v) is 18.1. The number of nitrogens with one attached hydrogen (secondary N) is 1. The second kappa shape index (κ2) is 8.93. The molecule has 1 aliphatic heterocycles. The molecule has 3 aromatic rings. The second-order valence-corrected chi connectivity index (χ2v) is 7.69. The molecule has 0 atom stereocenters. The third kappa shape index (κ3) is 4.80. The summed E-state index contributed by atoms with van der Waals surface area (Å²) in [5.41, 5.74) is 1.12. The molecule has 1 fully saturated rings. The molecule has 156 valence electrons. The van der Waals surface area contributed by atoms with E-state index in [1.165, 1.54) is 11.0 Å². The molecule has 0 radical (unpaired) electrons. The summed E-state index contributed by atoms with van der Waals surface area (Å²) in [6.45, 7) is 0.224. The van der Waals surface area contributed by atoms with Crippen LogP contribution in [0.5, 0.6) is 5.75 Å². The number of ether oxygens (including phenoxy) is 1. The minimum Gasteiger partial charge on any atom is -0.486 e. The summed E-state index contributed by atoms with van der Waals surface area (Å²) in [5, 5.41) is 3.37. The molecular formula is C22H14Cl2N2O4S. The monoisotopic (exact) mass is 472 g/mol. The number of furan rings is 1. The van der Waals surface area contributed by atoms with Gasteiger partial charge in [-0.05, 0) is 84.0 Å². The van der Waals surface area contributed by atoms with Crippen LogP contribution in [-0.2, 0) is 16.2 Å². The van der Waals surface area contributed by atoms with Crippen molar-refractivity contribution >= 4 is 64.1 Å². The fourth-order valence-electron chi connectivity index (χ4n) is 2.89. The van der Waals surface area contributed by atoms with Gasteiger partial charge in [-0.3, -0.25) is 19.8 Å². The Hall–Kier alpha value is -3.13. The Kier molecular flexibility index (Phi) is 6.08. The molecule has 6 nitrogen and oxygen atoms in total. The maximum Gasteiger partial charge on any atom is 0.270 e. The number of carbonyl (C=O) groups is 2. The Morgan fingerprint density at radius 3 is 2.35 bits per heavy atom. The Morgan fingerprint density at radius 1 is 1.00 bits per heavy atom. The Labute approximate surface area is 193 Å². The number of rotatable bonds is 5. The highest BCUT2D eigenvalue weighted by Crippen LogP contribution is 2.24. The predicted octanol–water partition coefficient (Wildman–Crippen LogP) is 5.00. The first-order valence-electron chi connectivity index (χ1n) is 9.05. The van der Waals surface area contributed by atoms with Crippen molar-refractivity contribution in [3.05, 3.63) is 87.8 Å². The van der Waals surface area contributed by atoms with E-state index in [1.54, 1.807) is 60.7 Å². The van der Waals surface area contributed by atoms with Gasteiger partial charge in [-0.1, -0.05) is 23.7 Å². The van der Waals surface area contributed by atoms with E-state index < -0.39 is 11.8 Å². The van der Waals surface area contributed by atoms with Crippen LogP contribution in [0.2, 0.25) is 10.2 Å². The molecule has 0 saturated carbocycles. The molecule has 1 saturated heterocycles. The number of benzene rings is 2. The van der Waals surface area contributed by atoms with Crippen LogP contribution >= 0.6 is 35.4 Å². The Bertz CT molecular complexity index is 1190. The molecule has 31 heavy (non-hydrogen) atoms. The van der Waals surface area contributed by atoms with Crippen molar-refractivity contribution in [3.8, 4) is 5.75 Å². The topological polar surface area (TPSA) is 71.8 Å². The van der Waals surface area contributed by atoms with Gasteiger partial charge in [0, 0.05) is 5.02 Å². The fraction of sp³-hybridized carbons (Fsp3) is 0.0455. The maximum atomic E-state index is 13.0. The lowest BCUT2D eigenvalue weighted by Crippen LogP contribution is -2.54. The highest BCUT2D eigenvalue weighted by atomic mass is 35.5. The number of nitrogens with zero attached hydrogens (tertiary/aromatic N) is 1. The van der Waals surface area contributed by atoms with Crippen LogP contribution in [0.15, 0.2) is 70.7 Å². The van der Waals surface area contributed by atoms with Crippen molar-refractivity contribution in [2.75, 3.05) is 4.90 Å². The maximum absolute atomic E-state index is 13.0. The van der Waals surface area contributed by atoms with E-state index in [-0.39, 0.29) is 17.3 Å². The van der Waals surface area contributed by atoms with Gasteiger partial charge in [0.2, 0.25) is 0 Å². The van der Waals surface area contributed by atoms with E-state index >= 15 is 0 Å². The number of carbonyl (C=O) groups excluding carboxylic acids is 2. The molecule has 0 spiro atoms. The minimum atomic E-state index is -0.560. The molecule has 2 aromatic carbocycles. The smallest absolute Gasteiger partial charge is 0.270 e. The van der Waals surface area contributed by atoms with Crippen molar-refractivity contribution < 1.29 is 18.7 Å². The van der Waals surface area contributed by atoms with Crippen LogP contribution in [0, 0.1) is 0 Å². The molecule has 0 unspecified atom stereocenters. The van der Waals surface area contributed by atoms with Crippen molar-refractivity contribution in [2.24, 2.45) is 0 Å².